The van der Waals surface area contributed by atoms with Crippen molar-refractivity contribution in [3.63, 3.8) is 0 Å². The minimum atomic E-state index is -0.157. The number of methoxy groups -OCH3 is 2. The molecule has 1 aromatic rings. The second kappa shape index (κ2) is 6.79. The summed E-state index contributed by atoms with van der Waals surface area (Å²) in [7, 11) is 3.54. The van der Waals surface area contributed by atoms with Crippen LogP contribution >= 0.6 is 0 Å². The van der Waals surface area contributed by atoms with Gasteiger partial charge in [0.15, 0.2) is 5.75 Å². The number of hydrogen-bond acceptors (Lipinski definition) is 4. The smallest absolute Gasteiger partial charge is 0.161 e. The van der Waals surface area contributed by atoms with Crippen LogP contribution in [0.2, 0.25) is 0 Å². The van der Waals surface area contributed by atoms with Gasteiger partial charge in [-0.1, -0.05) is 19.8 Å². The second-order valence-electron chi connectivity index (χ2n) is 6.10. The lowest BCUT2D eigenvalue weighted by molar-refractivity contribution is -0.0393. The first kappa shape index (κ1) is 16.3. The normalized spacial score (nSPS) is 19.1. The van der Waals surface area contributed by atoms with E-state index in [0.717, 1.165) is 30.8 Å². The van der Waals surface area contributed by atoms with E-state index in [1.54, 1.807) is 7.11 Å². The standard InChI is InChI=1S/C16H29N3O2/c1-6-17-15(16(21-5)9-7-8-10-16)14-13(20-4)11-18-19(14)12(2)3/h11-12,15,17H,6-10H2,1-5H3. The van der Waals surface area contributed by atoms with Crippen molar-refractivity contribution in [3.8, 4) is 5.75 Å². The number of likely N-dealkylation sites (N-methyl/N-ethyl adjacent to an activating group) is 1. The summed E-state index contributed by atoms with van der Waals surface area (Å²) >= 11 is 0. The molecular weight excluding hydrogens is 266 g/mol. The number of nitrogens with one attached hydrogen (secondary N) is 1. The number of hydrogen-bond donors (Lipinski definition) is 1. The molecule has 120 valence electrons. The molecule has 1 aromatic heterocycles. The van der Waals surface area contributed by atoms with Crippen LogP contribution in [0.3, 0.4) is 0 Å². The highest BCUT2D eigenvalue weighted by molar-refractivity contribution is 5.31. The molecule has 0 aliphatic heterocycles. The fourth-order valence-corrected chi connectivity index (χ4v) is 3.52. The van der Waals surface area contributed by atoms with Crippen LogP contribution in [0.15, 0.2) is 6.20 Å². The summed E-state index contributed by atoms with van der Waals surface area (Å²) in [6.45, 7) is 7.32. The Morgan fingerprint density at radius 1 is 1.33 bits per heavy atom. The van der Waals surface area contributed by atoms with Crippen molar-refractivity contribution in [1.82, 2.24) is 15.1 Å². The molecule has 1 N–H and O–H groups in total. The molecule has 1 atom stereocenters. The lowest BCUT2D eigenvalue weighted by Gasteiger charge is -2.37. The first-order valence-electron chi connectivity index (χ1n) is 7.99. The maximum Gasteiger partial charge on any atom is 0.161 e. The fourth-order valence-electron chi connectivity index (χ4n) is 3.52. The molecule has 0 bridgehead atoms. The number of aromatic nitrogens is 2. The third kappa shape index (κ3) is 2.94. The molecule has 5 heteroatoms. The van der Waals surface area contributed by atoms with Gasteiger partial charge in [-0.3, -0.25) is 4.68 Å². The summed E-state index contributed by atoms with van der Waals surface area (Å²) in [4.78, 5) is 0. The quantitative estimate of drug-likeness (QED) is 0.840. The molecule has 1 saturated carbocycles. The van der Waals surface area contributed by atoms with E-state index in [-0.39, 0.29) is 11.6 Å². The van der Waals surface area contributed by atoms with Crippen LogP contribution in [0, 0.1) is 0 Å². The Balaban J connectivity index is 2.49. The monoisotopic (exact) mass is 295 g/mol. The summed E-state index contributed by atoms with van der Waals surface area (Å²) in [6, 6.07) is 0.398. The largest absolute Gasteiger partial charge is 0.493 e. The molecular formula is C16H29N3O2. The Morgan fingerprint density at radius 3 is 2.48 bits per heavy atom. The van der Waals surface area contributed by atoms with Gasteiger partial charge >= 0.3 is 0 Å². The van der Waals surface area contributed by atoms with Crippen LogP contribution in [0.1, 0.15) is 64.2 Å². The first-order chi connectivity index (χ1) is 10.1. The van der Waals surface area contributed by atoms with Crippen LogP contribution in [-0.2, 0) is 4.74 Å². The van der Waals surface area contributed by atoms with E-state index < -0.39 is 0 Å². The maximum absolute atomic E-state index is 6.01. The summed E-state index contributed by atoms with van der Waals surface area (Å²) in [5.41, 5.74) is 0.953. The van der Waals surface area contributed by atoms with Crippen molar-refractivity contribution in [2.45, 2.75) is 64.1 Å². The van der Waals surface area contributed by atoms with E-state index in [1.165, 1.54) is 12.8 Å². The molecule has 0 radical (unpaired) electrons. The molecule has 1 fully saturated rings. The average molecular weight is 295 g/mol. The van der Waals surface area contributed by atoms with Gasteiger partial charge in [0.2, 0.25) is 0 Å². The van der Waals surface area contributed by atoms with E-state index in [4.69, 9.17) is 9.47 Å². The van der Waals surface area contributed by atoms with E-state index in [1.807, 2.05) is 13.3 Å². The molecule has 2 rings (SSSR count). The van der Waals surface area contributed by atoms with Gasteiger partial charge in [-0.15, -0.1) is 0 Å². The van der Waals surface area contributed by atoms with Crippen LogP contribution in [0.25, 0.3) is 0 Å². The van der Waals surface area contributed by atoms with Crippen LogP contribution < -0.4 is 10.1 Å². The molecule has 0 spiro atoms. The van der Waals surface area contributed by atoms with Gasteiger partial charge in [-0.05, 0) is 33.2 Å². The minimum absolute atomic E-state index is 0.106. The van der Waals surface area contributed by atoms with E-state index in [9.17, 15) is 0 Å². The zero-order valence-electron chi connectivity index (χ0n) is 14.0. The second-order valence-corrected chi connectivity index (χ2v) is 6.10. The summed E-state index contributed by atoms with van der Waals surface area (Å²) in [6.07, 6.45) is 6.40. The third-order valence-electron chi connectivity index (χ3n) is 4.57. The van der Waals surface area contributed by atoms with E-state index in [0.29, 0.717) is 6.04 Å². The molecule has 1 unspecified atom stereocenters. The lowest BCUT2D eigenvalue weighted by atomic mass is 9.88. The molecule has 0 aromatic carbocycles. The number of ether oxygens (including phenoxy) is 2. The topological polar surface area (TPSA) is 48.3 Å². The highest BCUT2D eigenvalue weighted by Gasteiger charge is 2.45. The van der Waals surface area contributed by atoms with Crippen molar-refractivity contribution in [1.29, 1.82) is 0 Å². The summed E-state index contributed by atoms with van der Waals surface area (Å²) in [5, 5.41) is 8.15. The summed E-state index contributed by atoms with van der Waals surface area (Å²) in [5.74, 6) is 0.845. The van der Waals surface area contributed by atoms with Crippen molar-refractivity contribution < 1.29 is 9.47 Å². The molecule has 0 amide bonds. The van der Waals surface area contributed by atoms with Crippen molar-refractivity contribution in [2.24, 2.45) is 0 Å². The van der Waals surface area contributed by atoms with E-state index >= 15 is 0 Å². The van der Waals surface area contributed by atoms with Gasteiger partial charge in [-0.2, -0.15) is 5.10 Å². The first-order valence-corrected chi connectivity index (χ1v) is 7.99. The zero-order chi connectivity index (χ0) is 15.5. The predicted molar refractivity (Wildman–Crippen MR) is 83.8 cm³/mol. The molecule has 0 saturated heterocycles. The fraction of sp³-hybridized carbons (Fsp3) is 0.812. The van der Waals surface area contributed by atoms with Gasteiger partial charge in [0.05, 0.1) is 24.9 Å². The van der Waals surface area contributed by atoms with Gasteiger partial charge in [0.1, 0.15) is 5.69 Å². The van der Waals surface area contributed by atoms with Gasteiger partial charge in [0, 0.05) is 13.2 Å². The van der Waals surface area contributed by atoms with Crippen LogP contribution in [0.5, 0.6) is 5.75 Å². The van der Waals surface area contributed by atoms with Crippen molar-refractivity contribution in [2.75, 3.05) is 20.8 Å². The Kier molecular flexibility index (Phi) is 5.27. The Hall–Kier alpha value is -1.07. The van der Waals surface area contributed by atoms with Crippen LogP contribution in [0.4, 0.5) is 0 Å². The third-order valence-corrected chi connectivity index (χ3v) is 4.57. The minimum Gasteiger partial charge on any atom is -0.493 e. The molecule has 1 heterocycles. The summed E-state index contributed by atoms with van der Waals surface area (Å²) < 4.78 is 13.6. The SMILES string of the molecule is CCNC(c1c(OC)cnn1C(C)C)C1(OC)CCCC1. The lowest BCUT2D eigenvalue weighted by Crippen LogP contribution is -2.45. The Morgan fingerprint density at radius 2 is 2.00 bits per heavy atom. The Bertz CT molecular complexity index is 450. The van der Waals surface area contributed by atoms with E-state index in [2.05, 4.69) is 35.9 Å². The van der Waals surface area contributed by atoms with Crippen molar-refractivity contribution >= 4 is 0 Å². The zero-order valence-corrected chi connectivity index (χ0v) is 14.0. The molecule has 1 aliphatic carbocycles. The maximum atomic E-state index is 6.01. The van der Waals surface area contributed by atoms with Crippen LogP contribution in [-0.4, -0.2) is 36.1 Å². The number of rotatable bonds is 7. The molecule has 1 aliphatic rings. The number of nitrogens with zero attached hydrogens (tertiary/aromatic N) is 2. The highest BCUT2D eigenvalue weighted by Crippen LogP contribution is 2.45. The molecule has 5 nitrogen and oxygen atoms in total. The average Bonchev–Trinajstić information content (AvgIpc) is 3.11. The predicted octanol–water partition coefficient (Wildman–Crippen LogP) is 3.08. The highest BCUT2D eigenvalue weighted by atomic mass is 16.5. The Labute approximate surface area is 128 Å². The molecule has 21 heavy (non-hydrogen) atoms. The van der Waals surface area contributed by atoms with Crippen molar-refractivity contribution in [3.05, 3.63) is 11.9 Å². The van der Waals surface area contributed by atoms with Gasteiger partial charge < -0.3 is 14.8 Å². The van der Waals surface area contributed by atoms with Gasteiger partial charge in [-0.25, -0.2) is 0 Å². The van der Waals surface area contributed by atoms with Gasteiger partial charge in [0.25, 0.3) is 0 Å².